The summed E-state index contributed by atoms with van der Waals surface area (Å²) < 4.78 is 25.1. The molecule has 1 aliphatic heterocycles. The van der Waals surface area contributed by atoms with Crippen molar-refractivity contribution in [3.8, 4) is 0 Å². The molecule has 2 heterocycles. The Bertz CT molecular complexity index is 588. The van der Waals surface area contributed by atoms with Crippen LogP contribution in [0, 0.1) is 5.41 Å². The highest BCUT2D eigenvalue weighted by atomic mass is 32.2. The average molecular weight is 332 g/mol. The van der Waals surface area contributed by atoms with Crippen LogP contribution in [0.3, 0.4) is 0 Å². The zero-order chi connectivity index (χ0) is 15.7. The predicted octanol–water partition coefficient (Wildman–Crippen LogP) is 2.64. The molecular weight excluding hydrogens is 306 g/mol. The van der Waals surface area contributed by atoms with E-state index in [-0.39, 0.29) is 17.4 Å². The monoisotopic (exact) mass is 331 g/mol. The molecule has 0 aromatic carbocycles. The third-order valence-electron chi connectivity index (χ3n) is 3.77. The highest BCUT2D eigenvalue weighted by molar-refractivity contribution is 7.99. The van der Waals surface area contributed by atoms with Crippen molar-refractivity contribution >= 4 is 21.6 Å². The molecule has 0 saturated carbocycles. The number of aromatic nitrogens is 3. The molecule has 1 aliphatic rings. The lowest BCUT2D eigenvalue weighted by Gasteiger charge is -2.17. The highest BCUT2D eigenvalue weighted by Crippen LogP contribution is 2.30. The first-order valence-electron chi connectivity index (χ1n) is 7.40. The SMILES string of the molecule is Cn1c(SCCCC(C)(C)C)nnc1C1CCS(=O)(=O)C1. The first-order chi connectivity index (χ1) is 9.68. The standard InChI is InChI=1S/C14H25N3O2S2/c1-14(2,3)7-5-8-20-13-16-15-12(17(13)4)11-6-9-21(18,19)10-11/h11H,5-10H2,1-4H3. The van der Waals surface area contributed by atoms with Crippen LogP contribution in [0.15, 0.2) is 5.16 Å². The largest absolute Gasteiger partial charge is 0.309 e. The van der Waals surface area contributed by atoms with Gasteiger partial charge in [0.25, 0.3) is 0 Å². The minimum absolute atomic E-state index is 0.0106. The van der Waals surface area contributed by atoms with Gasteiger partial charge in [-0.3, -0.25) is 0 Å². The Morgan fingerprint density at radius 2 is 2.05 bits per heavy atom. The lowest BCUT2D eigenvalue weighted by atomic mass is 9.91. The summed E-state index contributed by atoms with van der Waals surface area (Å²) in [6, 6.07) is 0. The fourth-order valence-corrected chi connectivity index (χ4v) is 5.17. The lowest BCUT2D eigenvalue weighted by molar-refractivity contribution is 0.374. The van der Waals surface area contributed by atoms with E-state index in [9.17, 15) is 8.42 Å². The van der Waals surface area contributed by atoms with E-state index in [0.717, 1.165) is 23.2 Å². The Hall–Kier alpha value is -0.560. The average Bonchev–Trinajstić information content (AvgIpc) is 2.87. The normalized spacial score (nSPS) is 21.8. The molecule has 2 rings (SSSR count). The maximum atomic E-state index is 11.6. The molecule has 0 aliphatic carbocycles. The van der Waals surface area contributed by atoms with Gasteiger partial charge in [-0.15, -0.1) is 10.2 Å². The third kappa shape index (κ3) is 4.71. The Morgan fingerprint density at radius 1 is 1.33 bits per heavy atom. The first kappa shape index (κ1) is 16.8. The molecule has 7 heteroatoms. The van der Waals surface area contributed by atoms with Crippen molar-refractivity contribution in [2.45, 2.75) is 51.1 Å². The van der Waals surface area contributed by atoms with Crippen LogP contribution in [0.5, 0.6) is 0 Å². The van der Waals surface area contributed by atoms with Gasteiger partial charge in [-0.1, -0.05) is 32.5 Å². The van der Waals surface area contributed by atoms with Crippen LogP contribution in [0.2, 0.25) is 0 Å². The minimum atomic E-state index is -2.88. The molecule has 0 bridgehead atoms. The predicted molar refractivity (Wildman–Crippen MR) is 86.4 cm³/mol. The summed E-state index contributed by atoms with van der Waals surface area (Å²) in [6.07, 6.45) is 3.00. The zero-order valence-corrected chi connectivity index (χ0v) is 14.9. The maximum Gasteiger partial charge on any atom is 0.190 e. The summed E-state index contributed by atoms with van der Waals surface area (Å²) in [5.74, 6) is 2.34. The molecule has 1 unspecified atom stereocenters. The van der Waals surface area contributed by atoms with Crippen molar-refractivity contribution in [3.63, 3.8) is 0 Å². The van der Waals surface area contributed by atoms with E-state index in [4.69, 9.17) is 0 Å². The Kier molecular flexibility index (Phi) is 5.03. The fraction of sp³-hybridized carbons (Fsp3) is 0.857. The molecule has 1 saturated heterocycles. The molecule has 21 heavy (non-hydrogen) atoms. The van der Waals surface area contributed by atoms with Gasteiger partial charge < -0.3 is 4.57 Å². The van der Waals surface area contributed by atoms with Gasteiger partial charge in [-0.05, 0) is 24.7 Å². The quantitative estimate of drug-likeness (QED) is 0.613. The van der Waals surface area contributed by atoms with E-state index < -0.39 is 9.84 Å². The van der Waals surface area contributed by atoms with Crippen molar-refractivity contribution in [3.05, 3.63) is 5.82 Å². The minimum Gasteiger partial charge on any atom is -0.309 e. The number of sulfone groups is 1. The molecule has 1 aromatic heterocycles. The summed E-state index contributed by atoms with van der Waals surface area (Å²) in [5.41, 5.74) is 0.365. The summed E-state index contributed by atoms with van der Waals surface area (Å²) in [7, 11) is -0.939. The molecule has 1 atom stereocenters. The van der Waals surface area contributed by atoms with Crippen molar-refractivity contribution in [2.75, 3.05) is 17.3 Å². The molecule has 0 spiro atoms. The van der Waals surface area contributed by atoms with Crippen molar-refractivity contribution in [1.82, 2.24) is 14.8 Å². The van der Waals surface area contributed by atoms with Gasteiger partial charge in [0.05, 0.1) is 11.5 Å². The highest BCUT2D eigenvalue weighted by Gasteiger charge is 2.32. The molecule has 1 aromatic rings. The summed E-state index contributed by atoms with van der Waals surface area (Å²) in [5, 5.41) is 9.33. The van der Waals surface area contributed by atoms with Gasteiger partial charge in [-0.25, -0.2) is 8.42 Å². The Labute approximate surface area is 131 Å². The van der Waals surface area contributed by atoms with Gasteiger partial charge in [-0.2, -0.15) is 0 Å². The van der Waals surface area contributed by atoms with E-state index in [1.165, 1.54) is 6.42 Å². The second-order valence-corrected chi connectivity index (χ2v) is 10.3. The van der Waals surface area contributed by atoms with Crippen LogP contribution < -0.4 is 0 Å². The third-order valence-corrected chi connectivity index (χ3v) is 6.64. The fourth-order valence-electron chi connectivity index (χ4n) is 2.57. The van der Waals surface area contributed by atoms with Crippen molar-refractivity contribution in [2.24, 2.45) is 12.5 Å². The number of nitrogens with zero attached hydrogens (tertiary/aromatic N) is 3. The van der Waals surface area contributed by atoms with Gasteiger partial charge in [0.1, 0.15) is 5.82 Å². The summed E-state index contributed by atoms with van der Waals surface area (Å²) >= 11 is 1.71. The smallest absolute Gasteiger partial charge is 0.190 e. The second kappa shape index (κ2) is 6.28. The zero-order valence-electron chi connectivity index (χ0n) is 13.3. The van der Waals surface area contributed by atoms with E-state index in [1.54, 1.807) is 11.8 Å². The molecule has 5 nitrogen and oxygen atoms in total. The van der Waals surface area contributed by atoms with Gasteiger partial charge in [0.2, 0.25) is 0 Å². The van der Waals surface area contributed by atoms with Crippen LogP contribution in [0.1, 0.15) is 51.8 Å². The van der Waals surface area contributed by atoms with E-state index >= 15 is 0 Å². The van der Waals surface area contributed by atoms with Gasteiger partial charge >= 0.3 is 0 Å². The Balaban J connectivity index is 1.92. The van der Waals surface area contributed by atoms with E-state index in [1.807, 2.05) is 11.6 Å². The second-order valence-electron chi connectivity index (χ2n) is 7.01. The topological polar surface area (TPSA) is 64.8 Å². The molecule has 0 radical (unpaired) electrons. The van der Waals surface area contributed by atoms with Crippen LogP contribution in [-0.2, 0) is 16.9 Å². The molecule has 0 N–H and O–H groups in total. The molecule has 1 fully saturated rings. The molecule has 0 amide bonds. The number of hydrogen-bond acceptors (Lipinski definition) is 5. The number of hydrogen-bond donors (Lipinski definition) is 0. The number of thioether (sulfide) groups is 1. The van der Waals surface area contributed by atoms with Gasteiger partial charge in [0, 0.05) is 18.7 Å². The van der Waals surface area contributed by atoms with E-state index in [2.05, 4.69) is 31.0 Å². The van der Waals surface area contributed by atoms with Crippen LogP contribution in [0.25, 0.3) is 0 Å². The summed E-state index contributed by atoms with van der Waals surface area (Å²) in [4.78, 5) is 0. The number of rotatable bonds is 5. The van der Waals surface area contributed by atoms with Gasteiger partial charge in [0.15, 0.2) is 15.0 Å². The van der Waals surface area contributed by atoms with Crippen molar-refractivity contribution in [1.29, 1.82) is 0 Å². The lowest BCUT2D eigenvalue weighted by Crippen LogP contribution is -2.09. The first-order valence-corrected chi connectivity index (χ1v) is 10.2. The van der Waals surface area contributed by atoms with Crippen LogP contribution >= 0.6 is 11.8 Å². The Morgan fingerprint density at radius 3 is 2.62 bits per heavy atom. The van der Waals surface area contributed by atoms with Crippen LogP contribution in [-0.4, -0.2) is 40.4 Å². The van der Waals surface area contributed by atoms with Crippen molar-refractivity contribution < 1.29 is 8.42 Å². The molecular formula is C14H25N3O2S2. The van der Waals surface area contributed by atoms with Crippen LogP contribution in [0.4, 0.5) is 0 Å². The maximum absolute atomic E-state index is 11.6. The molecule has 120 valence electrons. The van der Waals surface area contributed by atoms with E-state index in [0.29, 0.717) is 11.8 Å². The summed E-state index contributed by atoms with van der Waals surface area (Å²) in [6.45, 7) is 6.75.